The number of anilines is 1. The van der Waals surface area contributed by atoms with Crippen LogP contribution >= 0.6 is 0 Å². The highest BCUT2D eigenvalue weighted by Crippen LogP contribution is 2.33. The number of hydrogen-bond acceptors (Lipinski definition) is 5. The van der Waals surface area contributed by atoms with Gasteiger partial charge in [0.15, 0.2) is 0 Å². The maximum atomic E-state index is 13.1. The molecular weight excluding hydrogens is 356 g/mol. The van der Waals surface area contributed by atoms with Gasteiger partial charge in [-0.1, -0.05) is 24.3 Å². The van der Waals surface area contributed by atoms with Crippen LogP contribution < -0.4 is 10.1 Å². The van der Waals surface area contributed by atoms with Crippen LogP contribution in [-0.4, -0.2) is 50.9 Å². The van der Waals surface area contributed by atoms with Crippen LogP contribution in [0.3, 0.4) is 0 Å². The van der Waals surface area contributed by atoms with Crippen LogP contribution in [0.25, 0.3) is 0 Å². The minimum atomic E-state index is -0.225. The minimum Gasteiger partial charge on any atom is -0.491 e. The minimum absolute atomic E-state index is 0.0347. The second-order valence-corrected chi connectivity index (χ2v) is 6.55. The van der Waals surface area contributed by atoms with E-state index < -0.39 is 0 Å². The van der Waals surface area contributed by atoms with Crippen LogP contribution in [0, 0.1) is 0 Å². The van der Waals surface area contributed by atoms with Gasteiger partial charge in [0.05, 0.1) is 12.2 Å². The van der Waals surface area contributed by atoms with E-state index in [0.717, 1.165) is 23.4 Å². The molecule has 1 aliphatic heterocycles. The fourth-order valence-electron chi connectivity index (χ4n) is 3.27. The molecule has 6 nitrogen and oxygen atoms in total. The van der Waals surface area contributed by atoms with E-state index in [-0.39, 0.29) is 12.1 Å². The van der Waals surface area contributed by atoms with Crippen molar-refractivity contribution in [3.63, 3.8) is 0 Å². The Kier molecular flexibility index (Phi) is 7.28. The van der Waals surface area contributed by atoms with Crippen molar-refractivity contribution in [2.24, 2.45) is 0 Å². The molecule has 1 heterocycles. The lowest BCUT2D eigenvalue weighted by Crippen LogP contribution is -2.43. The van der Waals surface area contributed by atoms with E-state index in [1.807, 2.05) is 60.4 Å². The summed E-state index contributed by atoms with van der Waals surface area (Å²) in [5.74, 6) is 0.824. The second kappa shape index (κ2) is 10.1. The second-order valence-electron chi connectivity index (χ2n) is 6.55. The summed E-state index contributed by atoms with van der Waals surface area (Å²) in [5, 5.41) is 3.50. The Balaban J connectivity index is 1.76. The van der Waals surface area contributed by atoms with Gasteiger partial charge < -0.3 is 24.4 Å². The standard InChI is InChI=1S/C22H28N2O4/c1-3-27-15-16-28-18-11-9-17(10-12-18)21-23-20-8-5-4-7-19(20)22(25)24(21)13-6-14-26-2/h4-5,7-12,21,23H,3,6,13-16H2,1-2H3. The van der Waals surface area contributed by atoms with Crippen LogP contribution in [-0.2, 0) is 9.47 Å². The van der Waals surface area contributed by atoms with E-state index in [1.54, 1.807) is 7.11 Å². The van der Waals surface area contributed by atoms with Gasteiger partial charge in [-0.25, -0.2) is 0 Å². The van der Waals surface area contributed by atoms with Gasteiger partial charge in [0.2, 0.25) is 0 Å². The largest absolute Gasteiger partial charge is 0.491 e. The van der Waals surface area contributed by atoms with Gasteiger partial charge in [-0.05, 0) is 43.2 Å². The number of nitrogens with zero attached hydrogens (tertiary/aromatic N) is 1. The molecule has 2 aromatic carbocycles. The monoisotopic (exact) mass is 384 g/mol. The van der Waals surface area contributed by atoms with Crippen LogP contribution in [0.1, 0.15) is 35.4 Å². The summed E-state index contributed by atoms with van der Waals surface area (Å²) in [4.78, 5) is 14.9. The first-order valence-electron chi connectivity index (χ1n) is 9.70. The number of ether oxygens (including phenoxy) is 3. The third-order valence-electron chi connectivity index (χ3n) is 4.67. The zero-order valence-electron chi connectivity index (χ0n) is 16.5. The molecule has 0 bridgehead atoms. The highest BCUT2D eigenvalue weighted by molar-refractivity contribution is 6.01. The van der Waals surface area contributed by atoms with Crippen molar-refractivity contribution < 1.29 is 19.0 Å². The number of amides is 1. The van der Waals surface area contributed by atoms with Gasteiger partial charge >= 0.3 is 0 Å². The predicted molar refractivity (Wildman–Crippen MR) is 109 cm³/mol. The number of rotatable bonds is 10. The summed E-state index contributed by atoms with van der Waals surface area (Å²) < 4.78 is 16.1. The smallest absolute Gasteiger partial charge is 0.257 e. The van der Waals surface area contributed by atoms with Gasteiger partial charge in [0.1, 0.15) is 18.5 Å². The molecule has 1 aliphatic rings. The zero-order valence-corrected chi connectivity index (χ0v) is 16.5. The number of carbonyl (C=O) groups is 1. The SMILES string of the molecule is CCOCCOc1ccc(C2Nc3ccccc3C(=O)N2CCCOC)cc1. The number of hydrogen-bond donors (Lipinski definition) is 1. The van der Waals surface area contributed by atoms with Gasteiger partial charge in [-0.15, -0.1) is 0 Å². The lowest BCUT2D eigenvalue weighted by molar-refractivity contribution is 0.0660. The van der Waals surface area contributed by atoms with Gasteiger partial charge in [-0.3, -0.25) is 4.79 Å². The Labute approximate surface area is 166 Å². The van der Waals surface area contributed by atoms with Crippen molar-refractivity contribution in [3.05, 3.63) is 59.7 Å². The fourth-order valence-corrected chi connectivity index (χ4v) is 3.27. The van der Waals surface area contributed by atoms with Gasteiger partial charge in [0, 0.05) is 32.6 Å². The summed E-state index contributed by atoms with van der Waals surface area (Å²) in [6.07, 6.45) is 0.554. The molecular formula is C22H28N2O4. The van der Waals surface area contributed by atoms with Crippen molar-refractivity contribution in [1.82, 2.24) is 4.90 Å². The van der Waals surface area contributed by atoms with Crippen molar-refractivity contribution >= 4 is 11.6 Å². The molecule has 0 radical (unpaired) electrons. The van der Waals surface area contributed by atoms with Crippen LogP contribution in [0.15, 0.2) is 48.5 Å². The van der Waals surface area contributed by atoms with Crippen molar-refractivity contribution in [3.8, 4) is 5.75 Å². The van der Waals surface area contributed by atoms with E-state index in [1.165, 1.54) is 0 Å². The fraction of sp³-hybridized carbons (Fsp3) is 0.409. The van der Waals surface area contributed by atoms with Gasteiger partial charge in [0.25, 0.3) is 5.91 Å². The molecule has 0 aromatic heterocycles. The van der Waals surface area contributed by atoms with Crippen LogP contribution in [0.4, 0.5) is 5.69 Å². The molecule has 1 N–H and O–H groups in total. The molecule has 6 heteroatoms. The number of benzene rings is 2. The maximum absolute atomic E-state index is 13.1. The first kappa shape index (κ1) is 20.2. The zero-order chi connectivity index (χ0) is 19.8. The van der Waals surface area contributed by atoms with E-state index in [2.05, 4.69) is 5.32 Å². The number of carbonyl (C=O) groups excluding carboxylic acids is 1. The molecule has 0 saturated carbocycles. The summed E-state index contributed by atoms with van der Waals surface area (Å²) in [6, 6.07) is 15.5. The Morgan fingerprint density at radius 1 is 1.04 bits per heavy atom. The lowest BCUT2D eigenvalue weighted by Gasteiger charge is -2.38. The average Bonchev–Trinajstić information content (AvgIpc) is 2.73. The molecule has 0 spiro atoms. The molecule has 0 fully saturated rings. The molecule has 3 rings (SSSR count). The topological polar surface area (TPSA) is 60.0 Å². The first-order valence-corrected chi connectivity index (χ1v) is 9.70. The number of para-hydroxylation sites is 1. The van der Waals surface area contributed by atoms with E-state index >= 15 is 0 Å². The molecule has 0 saturated heterocycles. The summed E-state index contributed by atoms with van der Waals surface area (Å²) >= 11 is 0. The molecule has 0 aliphatic carbocycles. The Morgan fingerprint density at radius 3 is 2.57 bits per heavy atom. The molecule has 1 amide bonds. The summed E-state index contributed by atoms with van der Waals surface area (Å²) in [5.41, 5.74) is 2.57. The lowest BCUT2D eigenvalue weighted by atomic mass is 10.0. The van der Waals surface area contributed by atoms with E-state index in [4.69, 9.17) is 14.2 Å². The summed E-state index contributed by atoms with van der Waals surface area (Å²) in [7, 11) is 1.67. The van der Waals surface area contributed by atoms with Crippen molar-refractivity contribution in [2.75, 3.05) is 45.4 Å². The van der Waals surface area contributed by atoms with E-state index in [0.29, 0.717) is 38.5 Å². The molecule has 150 valence electrons. The number of nitrogens with one attached hydrogen (secondary N) is 1. The molecule has 28 heavy (non-hydrogen) atoms. The molecule has 2 aromatic rings. The Bertz CT molecular complexity index is 763. The molecule has 1 atom stereocenters. The normalized spacial score (nSPS) is 15.9. The van der Waals surface area contributed by atoms with Crippen LogP contribution in [0.5, 0.6) is 5.75 Å². The quantitative estimate of drug-likeness (QED) is 0.633. The number of methoxy groups -OCH3 is 1. The van der Waals surface area contributed by atoms with E-state index in [9.17, 15) is 4.79 Å². The first-order chi connectivity index (χ1) is 13.7. The summed E-state index contributed by atoms with van der Waals surface area (Å²) in [6.45, 7) is 4.97. The van der Waals surface area contributed by atoms with Crippen LogP contribution in [0.2, 0.25) is 0 Å². The highest BCUT2D eigenvalue weighted by Gasteiger charge is 2.32. The van der Waals surface area contributed by atoms with Gasteiger partial charge in [-0.2, -0.15) is 0 Å². The number of fused-ring (bicyclic) bond motifs is 1. The third kappa shape index (κ3) is 4.82. The molecule has 1 unspecified atom stereocenters. The van der Waals surface area contributed by atoms with Crippen molar-refractivity contribution in [2.45, 2.75) is 19.5 Å². The third-order valence-corrected chi connectivity index (χ3v) is 4.67. The predicted octanol–water partition coefficient (Wildman–Crippen LogP) is 3.70. The van der Waals surface area contributed by atoms with Crippen molar-refractivity contribution in [1.29, 1.82) is 0 Å². The Morgan fingerprint density at radius 2 is 1.82 bits per heavy atom. The highest BCUT2D eigenvalue weighted by atomic mass is 16.5. The Hall–Kier alpha value is -2.57. The average molecular weight is 384 g/mol. The maximum Gasteiger partial charge on any atom is 0.257 e.